The van der Waals surface area contributed by atoms with E-state index in [0.29, 0.717) is 12.0 Å². The highest BCUT2D eigenvalue weighted by Gasteiger charge is 2.29. The highest BCUT2D eigenvalue weighted by molar-refractivity contribution is 7.09. The van der Waals surface area contributed by atoms with Crippen molar-refractivity contribution in [2.75, 3.05) is 5.32 Å². The monoisotopic (exact) mass is 223 g/mol. The average molecular weight is 223 g/mol. The van der Waals surface area contributed by atoms with Crippen LogP contribution in [0.1, 0.15) is 50.8 Å². The van der Waals surface area contributed by atoms with Gasteiger partial charge in [-0.2, -0.15) is 4.37 Å². The van der Waals surface area contributed by atoms with E-state index in [0.717, 1.165) is 16.9 Å². The van der Waals surface area contributed by atoms with Crippen LogP contribution >= 0.6 is 11.5 Å². The number of anilines is 1. The molecule has 2 fully saturated rings. The van der Waals surface area contributed by atoms with Crippen LogP contribution in [-0.2, 0) is 0 Å². The Morgan fingerprint density at radius 1 is 1.33 bits per heavy atom. The Bertz CT molecular complexity index is 341. The Balaban J connectivity index is 1.60. The summed E-state index contributed by atoms with van der Waals surface area (Å²) < 4.78 is 4.40. The van der Waals surface area contributed by atoms with E-state index in [-0.39, 0.29) is 0 Å². The maximum Gasteiger partial charge on any atom is 0.202 e. The summed E-state index contributed by atoms with van der Waals surface area (Å²) in [6.45, 7) is 2.27. The highest BCUT2D eigenvalue weighted by Crippen LogP contribution is 2.39. The zero-order chi connectivity index (χ0) is 10.3. The predicted molar refractivity (Wildman–Crippen MR) is 62.3 cm³/mol. The molecule has 4 heteroatoms. The van der Waals surface area contributed by atoms with Gasteiger partial charge in [-0.25, -0.2) is 4.98 Å². The van der Waals surface area contributed by atoms with Gasteiger partial charge in [0.15, 0.2) is 0 Å². The minimum atomic E-state index is 0.568. The quantitative estimate of drug-likeness (QED) is 0.852. The summed E-state index contributed by atoms with van der Waals surface area (Å²) in [6, 6.07) is 0.568. The third kappa shape index (κ3) is 2.00. The molecule has 1 atom stereocenters. The minimum absolute atomic E-state index is 0.568. The van der Waals surface area contributed by atoms with Gasteiger partial charge in [0.1, 0.15) is 5.82 Å². The van der Waals surface area contributed by atoms with Crippen molar-refractivity contribution < 1.29 is 0 Å². The number of nitrogens with zero attached hydrogens (tertiary/aromatic N) is 2. The van der Waals surface area contributed by atoms with Crippen molar-refractivity contribution in [1.82, 2.24) is 9.36 Å². The molecule has 15 heavy (non-hydrogen) atoms. The Hall–Kier alpha value is -0.640. The Morgan fingerprint density at radius 2 is 2.13 bits per heavy atom. The molecule has 0 aromatic carbocycles. The second-order valence-corrected chi connectivity index (χ2v) is 5.61. The van der Waals surface area contributed by atoms with Crippen LogP contribution in [0.25, 0.3) is 0 Å². The van der Waals surface area contributed by atoms with E-state index in [1.54, 1.807) is 0 Å². The van der Waals surface area contributed by atoms with E-state index in [4.69, 9.17) is 0 Å². The van der Waals surface area contributed by atoms with Gasteiger partial charge in [0.05, 0.1) is 0 Å². The second-order valence-electron chi connectivity index (χ2n) is 4.86. The summed E-state index contributed by atoms with van der Waals surface area (Å²) in [6.07, 6.45) is 6.73. The molecule has 0 bridgehead atoms. The normalized spacial score (nSPS) is 23.5. The van der Waals surface area contributed by atoms with Crippen molar-refractivity contribution >= 4 is 16.7 Å². The maximum atomic E-state index is 4.55. The summed E-state index contributed by atoms with van der Waals surface area (Å²) in [5, 5.41) is 4.52. The van der Waals surface area contributed by atoms with Gasteiger partial charge in [0.25, 0.3) is 0 Å². The number of hydrogen-bond acceptors (Lipinski definition) is 4. The van der Waals surface area contributed by atoms with Gasteiger partial charge < -0.3 is 5.32 Å². The van der Waals surface area contributed by atoms with Crippen molar-refractivity contribution in [3.05, 3.63) is 5.82 Å². The smallest absolute Gasteiger partial charge is 0.202 e. The molecule has 2 saturated carbocycles. The van der Waals surface area contributed by atoms with Gasteiger partial charge in [0.2, 0.25) is 5.13 Å². The Labute approximate surface area is 94.5 Å². The van der Waals surface area contributed by atoms with Crippen molar-refractivity contribution in [3.63, 3.8) is 0 Å². The zero-order valence-corrected chi connectivity index (χ0v) is 9.89. The Kier molecular flexibility index (Phi) is 2.39. The molecule has 1 heterocycles. The van der Waals surface area contributed by atoms with Crippen molar-refractivity contribution in [1.29, 1.82) is 0 Å². The molecule has 1 unspecified atom stereocenters. The van der Waals surface area contributed by atoms with Gasteiger partial charge in [-0.1, -0.05) is 6.42 Å². The topological polar surface area (TPSA) is 37.8 Å². The predicted octanol–water partition coefficient (Wildman–Crippen LogP) is 3.02. The molecule has 82 valence electrons. The lowest BCUT2D eigenvalue weighted by Gasteiger charge is -2.31. The molecular formula is C11H17N3S. The lowest BCUT2D eigenvalue weighted by Crippen LogP contribution is -2.30. The van der Waals surface area contributed by atoms with Crippen LogP contribution in [0.2, 0.25) is 0 Å². The van der Waals surface area contributed by atoms with Crippen LogP contribution in [0.4, 0.5) is 5.13 Å². The van der Waals surface area contributed by atoms with E-state index in [9.17, 15) is 0 Å². The number of rotatable bonds is 4. The molecule has 1 N–H and O–H groups in total. The minimum Gasteiger partial charge on any atom is -0.358 e. The third-order valence-corrected chi connectivity index (χ3v) is 4.25. The van der Waals surface area contributed by atoms with Gasteiger partial charge in [-0.3, -0.25) is 0 Å². The molecule has 1 aromatic heterocycles. The lowest BCUT2D eigenvalue weighted by atomic mass is 9.80. The summed E-state index contributed by atoms with van der Waals surface area (Å²) in [4.78, 5) is 4.55. The third-order valence-electron chi connectivity index (χ3n) is 3.59. The molecule has 1 aromatic rings. The van der Waals surface area contributed by atoms with E-state index < -0.39 is 0 Å². The zero-order valence-electron chi connectivity index (χ0n) is 9.07. The molecular weight excluding hydrogens is 206 g/mol. The molecule has 0 radical (unpaired) electrons. The molecule has 0 amide bonds. The van der Waals surface area contributed by atoms with E-state index in [1.165, 1.54) is 43.6 Å². The first-order valence-corrected chi connectivity index (χ1v) is 6.70. The van der Waals surface area contributed by atoms with E-state index in [2.05, 4.69) is 21.6 Å². The van der Waals surface area contributed by atoms with Crippen molar-refractivity contribution in [2.45, 2.75) is 51.0 Å². The van der Waals surface area contributed by atoms with Crippen LogP contribution in [0.5, 0.6) is 0 Å². The van der Waals surface area contributed by atoms with E-state index in [1.807, 2.05) is 0 Å². The SMILES string of the molecule is CC(Nc1nc(C2CC2)ns1)C1CCC1. The number of aromatic nitrogens is 2. The highest BCUT2D eigenvalue weighted by atomic mass is 32.1. The van der Waals surface area contributed by atoms with Crippen LogP contribution in [0, 0.1) is 5.92 Å². The maximum absolute atomic E-state index is 4.55. The summed E-state index contributed by atoms with van der Waals surface area (Å²) >= 11 is 1.53. The molecule has 3 rings (SSSR count). The standard InChI is InChI=1S/C11H17N3S/c1-7(8-3-2-4-8)12-11-13-10(14-15-11)9-5-6-9/h7-9H,2-6H2,1H3,(H,12,13,14). The fourth-order valence-electron chi connectivity index (χ4n) is 2.05. The molecule has 2 aliphatic carbocycles. The molecule has 0 aliphatic heterocycles. The lowest BCUT2D eigenvalue weighted by molar-refractivity contribution is 0.285. The van der Waals surface area contributed by atoms with Crippen LogP contribution < -0.4 is 5.32 Å². The van der Waals surface area contributed by atoms with Crippen LogP contribution in [0.15, 0.2) is 0 Å². The van der Waals surface area contributed by atoms with E-state index >= 15 is 0 Å². The first-order chi connectivity index (χ1) is 7.33. The van der Waals surface area contributed by atoms with Gasteiger partial charge in [-0.05, 0) is 38.5 Å². The first-order valence-electron chi connectivity index (χ1n) is 5.93. The summed E-state index contributed by atoms with van der Waals surface area (Å²) in [5.41, 5.74) is 0. The average Bonchev–Trinajstić information content (AvgIpc) is 2.86. The van der Waals surface area contributed by atoms with Gasteiger partial charge in [0, 0.05) is 23.5 Å². The summed E-state index contributed by atoms with van der Waals surface area (Å²) in [7, 11) is 0. The molecule has 2 aliphatic rings. The van der Waals surface area contributed by atoms with Crippen LogP contribution in [-0.4, -0.2) is 15.4 Å². The van der Waals surface area contributed by atoms with Crippen molar-refractivity contribution in [3.8, 4) is 0 Å². The van der Waals surface area contributed by atoms with Gasteiger partial charge in [-0.15, -0.1) is 0 Å². The van der Waals surface area contributed by atoms with Crippen LogP contribution in [0.3, 0.4) is 0 Å². The van der Waals surface area contributed by atoms with Gasteiger partial charge >= 0.3 is 0 Å². The largest absolute Gasteiger partial charge is 0.358 e. The molecule has 3 nitrogen and oxygen atoms in total. The fourth-order valence-corrected chi connectivity index (χ4v) is 2.80. The molecule has 0 saturated heterocycles. The second kappa shape index (κ2) is 3.74. The first kappa shape index (κ1) is 9.58. The number of hydrogen-bond donors (Lipinski definition) is 1. The summed E-state index contributed by atoms with van der Waals surface area (Å²) in [5.74, 6) is 2.61. The fraction of sp³-hybridized carbons (Fsp3) is 0.818. The Morgan fingerprint density at radius 3 is 2.73 bits per heavy atom. The number of nitrogens with one attached hydrogen (secondary N) is 1. The molecule has 0 spiro atoms. The van der Waals surface area contributed by atoms with Crippen molar-refractivity contribution in [2.24, 2.45) is 5.92 Å².